The Bertz CT molecular complexity index is 1330. The highest BCUT2D eigenvalue weighted by molar-refractivity contribution is 7.89. The van der Waals surface area contributed by atoms with Gasteiger partial charge in [-0.15, -0.1) is 0 Å². The van der Waals surface area contributed by atoms with Crippen LogP contribution in [0.3, 0.4) is 0 Å². The van der Waals surface area contributed by atoms with Crippen LogP contribution in [0.5, 0.6) is 0 Å². The molecule has 0 aliphatic carbocycles. The first kappa shape index (κ1) is 28.2. The number of carbonyl (C=O) groups is 3. The molecule has 1 aromatic heterocycles. The van der Waals surface area contributed by atoms with Gasteiger partial charge < -0.3 is 19.9 Å². The van der Waals surface area contributed by atoms with E-state index in [1.807, 2.05) is 31.2 Å². The van der Waals surface area contributed by atoms with E-state index >= 15 is 0 Å². The van der Waals surface area contributed by atoms with Crippen molar-refractivity contribution in [2.75, 3.05) is 50.8 Å². The van der Waals surface area contributed by atoms with Crippen molar-refractivity contribution >= 4 is 33.3 Å². The van der Waals surface area contributed by atoms with Gasteiger partial charge in [0.25, 0.3) is 15.9 Å². The first-order valence-corrected chi connectivity index (χ1v) is 15.2. The summed E-state index contributed by atoms with van der Waals surface area (Å²) < 4.78 is 32.8. The van der Waals surface area contributed by atoms with Crippen molar-refractivity contribution < 1.29 is 27.5 Å². The number of anilines is 1. The van der Waals surface area contributed by atoms with Gasteiger partial charge >= 0.3 is 0 Å². The smallest absolute Gasteiger partial charge is 0.261 e. The van der Waals surface area contributed by atoms with E-state index in [1.165, 1.54) is 21.5 Å². The summed E-state index contributed by atoms with van der Waals surface area (Å²) in [6.07, 6.45) is 2.62. The average molecular weight is 570 g/mol. The minimum absolute atomic E-state index is 0.0274. The number of sulfonamides is 1. The number of amides is 2. The van der Waals surface area contributed by atoms with Crippen LogP contribution in [0.4, 0.5) is 5.69 Å². The van der Waals surface area contributed by atoms with E-state index in [4.69, 9.17) is 4.74 Å². The highest BCUT2D eigenvalue weighted by atomic mass is 32.2. The van der Waals surface area contributed by atoms with Crippen LogP contribution in [-0.2, 0) is 24.3 Å². The van der Waals surface area contributed by atoms with E-state index < -0.39 is 22.1 Å². The summed E-state index contributed by atoms with van der Waals surface area (Å²) in [5.74, 6) is -0.633. The van der Waals surface area contributed by atoms with Crippen molar-refractivity contribution in [1.82, 2.24) is 19.5 Å². The minimum atomic E-state index is -3.93. The predicted octanol–water partition coefficient (Wildman–Crippen LogP) is 1.31. The molecular formula is C28H35N5O6S. The number of Topliss-reactive ketones (excluding diaryl/α,β-unsaturated/α-hetero) is 1. The first-order chi connectivity index (χ1) is 19.3. The topological polar surface area (TPSA) is 129 Å². The number of ketones is 1. The van der Waals surface area contributed by atoms with Gasteiger partial charge in [-0.1, -0.05) is 13.0 Å². The van der Waals surface area contributed by atoms with Crippen molar-refractivity contribution in [3.05, 3.63) is 54.2 Å². The lowest BCUT2D eigenvalue weighted by molar-refractivity contribution is -0.137. The number of pyridine rings is 1. The van der Waals surface area contributed by atoms with Crippen LogP contribution in [0.25, 0.3) is 0 Å². The number of morpholine rings is 1. The van der Waals surface area contributed by atoms with Gasteiger partial charge in [0.1, 0.15) is 6.04 Å². The Kier molecular flexibility index (Phi) is 8.48. The van der Waals surface area contributed by atoms with Crippen molar-refractivity contribution in [1.29, 1.82) is 0 Å². The molecule has 40 heavy (non-hydrogen) atoms. The standard InChI is InChI=1S/C28H35N5O6S/c1-20(9-12-30-28(36)21-5-7-22(8-6-21)31-14-16-39-17-15-31)18-26(35)32-13-10-23-27(32)24(34)19-33(23)40(37,38)25-4-2-3-11-29-25/h2-8,11,20,23,27H,9-10,12-19H2,1H3,(H,30,36). The fourth-order valence-electron chi connectivity index (χ4n) is 5.69. The molecule has 3 aliphatic heterocycles. The zero-order chi connectivity index (χ0) is 28.3. The van der Waals surface area contributed by atoms with Crippen LogP contribution in [0.1, 0.15) is 36.5 Å². The van der Waals surface area contributed by atoms with Gasteiger partial charge in [-0.25, -0.2) is 13.4 Å². The molecule has 1 N–H and O–H groups in total. The number of likely N-dealkylation sites (tertiary alicyclic amines) is 1. The van der Waals surface area contributed by atoms with Gasteiger partial charge in [0.15, 0.2) is 10.8 Å². The quantitative estimate of drug-likeness (QED) is 0.479. The van der Waals surface area contributed by atoms with E-state index in [0.29, 0.717) is 44.7 Å². The molecule has 12 heteroatoms. The third-order valence-corrected chi connectivity index (χ3v) is 9.65. The van der Waals surface area contributed by atoms with Crippen LogP contribution in [-0.4, -0.2) is 98.2 Å². The molecular weight excluding hydrogens is 534 g/mol. The average Bonchev–Trinajstić information content (AvgIpc) is 3.55. The zero-order valence-electron chi connectivity index (χ0n) is 22.6. The third kappa shape index (κ3) is 5.89. The van der Waals surface area contributed by atoms with Crippen LogP contribution in [0.2, 0.25) is 0 Å². The Morgan fingerprint density at radius 2 is 1.85 bits per heavy atom. The summed E-state index contributed by atoms with van der Waals surface area (Å²) in [4.78, 5) is 46.3. The summed E-state index contributed by atoms with van der Waals surface area (Å²) in [7, 11) is -3.93. The van der Waals surface area contributed by atoms with E-state index in [2.05, 4.69) is 15.2 Å². The van der Waals surface area contributed by atoms with E-state index in [0.717, 1.165) is 18.8 Å². The summed E-state index contributed by atoms with van der Waals surface area (Å²) in [5.41, 5.74) is 1.64. The number of benzene rings is 1. The largest absolute Gasteiger partial charge is 0.378 e. The Morgan fingerprint density at radius 3 is 2.55 bits per heavy atom. The van der Waals surface area contributed by atoms with E-state index in [1.54, 1.807) is 12.1 Å². The number of nitrogens with zero attached hydrogens (tertiary/aromatic N) is 4. The molecule has 11 nitrogen and oxygen atoms in total. The molecule has 0 bridgehead atoms. The lowest BCUT2D eigenvalue weighted by Crippen LogP contribution is -2.44. The Hall–Kier alpha value is -3.35. The Morgan fingerprint density at radius 1 is 1.10 bits per heavy atom. The van der Waals surface area contributed by atoms with Crippen LogP contribution < -0.4 is 10.2 Å². The fraction of sp³-hybridized carbons (Fsp3) is 0.500. The second-order valence-electron chi connectivity index (χ2n) is 10.6. The molecule has 0 spiro atoms. The normalized spacial score (nSPS) is 22.3. The number of fused-ring (bicyclic) bond motifs is 1. The highest BCUT2D eigenvalue weighted by Crippen LogP contribution is 2.34. The van der Waals surface area contributed by atoms with Gasteiger partial charge in [-0.3, -0.25) is 14.4 Å². The molecule has 3 fully saturated rings. The van der Waals surface area contributed by atoms with Crippen molar-refractivity contribution in [2.45, 2.75) is 43.3 Å². The maximum Gasteiger partial charge on any atom is 0.261 e. The number of nitrogens with one attached hydrogen (secondary N) is 1. The maximum atomic E-state index is 13.1. The SMILES string of the molecule is CC(CCNC(=O)c1ccc(N2CCOCC2)cc1)CC(=O)N1CCC2C1C(=O)CN2S(=O)(=O)c1ccccn1. The summed E-state index contributed by atoms with van der Waals surface area (Å²) in [5, 5.41) is 2.82. The van der Waals surface area contributed by atoms with Gasteiger partial charge in [0, 0.05) is 50.0 Å². The first-order valence-electron chi connectivity index (χ1n) is 13.7. The van der Waals surface area contributed by atoms with Gasteiger partial charge in [0.2, 0.25) is 5.91 Å². The van der Waals surface area contributed by atoms with Crippen LogP contribution >= 0.6 is 0 Å². The van der Waals surface area contributed by atoms with Gasteiger partial charge in [-0.05, 0) is 55.2 Å². The monoisotopic (exact) mass is 569 g/mol. The Labute approximate surface area is 234 Å². The number of hydrogen-bond donors (Lipinski definition) is 1. The number of aromatic nitrogens is 1. The Balaban J connectivity index is 1.10. The molecule has 2 amide bonds. The van der Waals surface area contributed by atoms with Crippen molar-refractivity contribution in [3.63, 3.8) is 0 Å². The van der Waals surface area contributed by atoms with Crippen LogP contribution in [0.15, 0.2) is 53.7 Å². The summed E-state index contributed by atoms with van der Waals surface area (Å²) in [6.45, 7) is 5.48. The molecule has 4 heterocycles. The zero-order valence-corrected chi connectivity index (χ0v) is 23.4. The predicted molar refractivity (Wildman–Crippen MR) is 147 cm³/mol. The second-order valence-corrected chi connectivity index (χ2v) is 12.4. The lowest BCUT2D eigenvalue weighted by Gasteiger charge is -2.28. The third-order valence-electron chi connectivity index (χ3n) is 7.86. The minimum Gasteiger partial charge on any atom is -0.378 e. The maximum absolute atomic E-state index is 13.1. The highest BCUT2D eigenvalue weighted by Gasteiger charge is 2.53. The molecule has 5 rings (SSSR count). The number of hydrogen-bond acceptors (Lipinski definition) is 8. The summed E-state index contributed by atoms with van der Waals surface area (Å²) in [6, 6.07) is 10.8. The fourth-order valence-corrected chi connectivity index (χ4v) is 7.25. The van der Waals surface area contributed by atoms with Crippen molar-refractivity contribution in [3.8, 4) is 0 Å². The molecule has 0 radical (unpaired) electrons. The molecule has 214 valence electrons. The summed E-state index contributed by atoms with van der Waals surface area (Å²) >= 11 is 0. The van der Waals surface area contributed by atoms with Gasteiger partial charge in [0.05, 0.1) is 25.8 Å². The number of rotatable bonds is 9. The number of ether oxygens (including phenoxy) is 1. The molecule has 0 saturated carbocycles. The molecule has 1 aromatic carbocycles. The van der Waals surface area contributed by atoms with Crippen LogP contribution in [0, 0.1) is 5.92 Å². The van der Waals surface area contributed by atoms with E-state index in [9.17, 15) is 22.8 Å². The molecule has 2 aromatic rings. The molecule has 3 atom stereocenters. The van der Waals surface area contributed by atoms with Gasteiger partial charge in [-0.2, -0.15) is 4.31 Å². The molecule has 3 aliphatic rings. The van der Waals surface area contributed by atoms with Crippen molar-refractivity contribution in [2.24, 2.45) is 5.92 Å². The lowest BCUT2D eigenvalue weighted by atomic mass is 10.0. The van der Waals surface area contributed by atoms with E-state index in [-0.39, 0.29) is 41.5 Å². The number of carbonyl (C=O) groups excluding carboxylic acids is 3. The molecule has 3 unspecified atom stereocenters. The second kappa shape index (κ2) is 12.0. The molecule has 3 saturated heterocycles.